The number of hydrogen-bond acceptors (Lipinski definition) is 1. The maximum atomic E-state index is 11.2. The molecule has 0 amide bonds. The summed E-state index contributed by atoms with van der Waals surface area (Å²) in [6.07, 6.45) is 0. The number of fused-ring (bicyclic) bond motifs is 7. The third kappa shape index (κ3) is 1.96. The molecule has 0 fully saturated rings. The molecule has 5 aromatic rings. The van der Waals surface area contributed by atoms with E-state index in [2.05, 4.69) is 54.6 Å². The van der Waals surface area contributed by atoms with E-state index >= 15 is 0 Å². The lowest BCUT2D eigenvalue weighted by Gasteiger charge is -2.08. The van der Waals surface area contributed by atoms with Gasteiger partial charge in [0.15, 0.2) is 0 Å². The summed E-state index contributed by atoms with van der Waals surface area (Å²) < 4.78 is 0. The van der Waals surface area contributed by atoms with Crippen LogP contribution in [0.5, 0.6) is 0 Å². The highest BCUT2D eigenvalue weighted by molar-refractivity contribution is 6.21. The molecule has 0 spiro atoms. The summed E-state index contributed by atoms with van der Waals surface area (Å²) in [5.41, 5.74) is 0.142. The molecule has 25 heavy (non-hydrogen) atoms. The maximum absolute atomic E-state index is 11.2. The molecular weight excluding hydrogens is 308 g/mol. The fourth-order valence-electron chi connectivity index (χ4n) is 3.51. The van der Waals surface area contributed by atoms with Crippen LogP contribution in [0.15, 0.2) is 60.7 Å². The van der Waals surface area contributed by atoms with Crippen molar-refractivity contribution in [2.24, 2.45) is 0 Å². The Balaban J connectivity index is 1.91. The van der Waals surface area contributed by atoms with Gasteiger partial charge in [-0.05, 0) is 38.4 Å². The van der Waals surface area contributed by atoms with Gasteiger partial charge in [0.05, 0.1) is 5.56 Å². The van der Waals surface area contributed by atoms with Gasteiger partial charge in [-0.15, -0.1) is 0 Å². The van der Waals surface area contributed by atoms with E-state index in [0.717, 1.165) is 21.5 Å². The van der Waals surface area contributed by atoms with Gasteiger partial charge in [-0.3, -0.25) is 0 Å². The lowest BCUT2D eigenvalue weighted by molar-refractivity contribution is 0.0696. The number of carbonyl (C=O) groups is 1. The van der Waals surface area contributed by atoms with Gasteiger partial charge in [-0.25, -0.2) is 4.79 Å². The summed E-state index contributed by atoms with van der Waals surface area (Å²) in [7, 11) is 0. The van der Waals surface area contributed by atoms with Crippen LogP contribution in [0.2, 0.25) is 0 Å². The van der Waals surface area contributed by atoms with Gasteiger partial charge < -0.3 is 5.11 Å². The number of benzene rings is 4. The van der Waals surface area contributed by atoms with Gasteiger partial charge in [0.25, 0.3) is 0 Å². The molecule has 0 aliphatic heterocycles. The largest absolute Gasteiger partial charge is 0.478 e. The smallest absolute Gasteiger partial charge is 0.336 e. The van der Waals surface area contributed by atoms with Crippen molar-refractivity contribution in [1.29, 1.82) is 0 Å². The van der Waals surface area contributed by atoms with Crippen LogP contribution in [0.4, 0.5) is 0 Å². The summed E-state index contributed by atoms with van der Waals surface area (Å²) in [6.45, 7) is 0. The van der Waals surface area contributed by atoms with Gasteiger partial charge in [0.2, 0.25) is 0 Å². The van der Waals surface area contributed by atoms with Crippen molar-refractivity contribution in [2.45, 2.75) is 0 Å². The molecule has 0 unspecified atom stereocenters. The Labute approximate surface area is 143 Å². The van der Waals surface area contributed by atoms with Crippen molar-refractivity contribution < 1.29 is 9.90 Å². The van der Waals surface area contributed by atoms with E-state index in [9.17, 15) is 4.79 Å². The first-order valence-electron chi connectivity index (χ1n) is 7.99. The standard InChI is InChI=1S/C23H11O2/c24-23(25)16-7-8-18-15(13-16)6-10-22-20(18)12-11-19-17-4-2-1-3-14(17)5-9-21(19)22/h1-5,7-9,11-12H,(H,24,25). The fraction of sp³-hybridized carbons (Fsp3) is 0. The first kappa shape index (κ1) is 13.8. The normalized spacial score (nSPS) is 11.2. The highest BCUT2D eigenvalue weighted by Crippen LogP contribution is 2.33. The summed E-state index contributed by atoms with van der Waals surface area (Å²) in [5, 5.41) is 17.5. The quantitative estimate of drug-likeness (QED) is 0.420. The van der Waals surface area contributed by atoms with Crippen LogP contribution in [0.25, 0.3) is 43.1 Å². The minimum atomic E-state index is -0.986. The van der Waals surface area contributed by atoms with Crippen LogP contribution >= 0.6 is 0 Å². The van der Waals surface area contributed by atoms with Crippen LogP contribution in [-0.4, -0.2) is 11.1 Å². The number of aromatic carboxylic acids is 1. The molecule has 2 nitrogen and oxygen atoms in total. The molecule has 0 saturated heterocycles. The van der Waals surface area contributed by atoms with Gasteiger partial charge in [-0.1, -0.05) is 66.7 Å². The molecule has 5 aromatic carbocycles. The van der Waals surface area contributed by atoms with E-state index in [4.69, 9.17) is 5.11 Å². The number of hydrogen-bond donors (Lipinski definition) is 1. The number of carboxylic acids is 1. The zero-order valence-electron chi connectivity index (χ0n) is 13.1. The molecule has 0 aromatic heterocycles. The lowest BCUT2D eigenvalue weighted by atomic mass is 9.95. The Morgan fingerprint density at radius 2 is 1.44 bits per heavy atom. The topological polar surface area (TPSA) is 37.3 Å². The van der Waals surface area contributed by atoms with Crippen molar-refractivity contribution in [3.05, 3.63) is 84.4 Å². The summed E-state index contributed by atoms with van der Waals surface area (Å²) in [5.74, 6) is -0.986. The summed E-state index contributed by atoms with van der Waals surface area (Å²) >= 11 is 0. The second kappa shape index (κ2) is 4.96. The van der Waals surface area contributed by atoms with Crippen LogP contribution in [0, 0.1) is 18.2 Å². The first-order chi connectivity index (χ1) is 12.2. The Kier molecular flexibility index (Phi) is 2.74. The SMILES string of the molecule is O=C(O)c1[c]c2c#cc3c(ccc4c5ccccc5ccc34)c2cc1. The fourth-order valence-corrected chi connectivity index (χ4v) is 3.51. The molecule has 0 heterocycles. The molecule has 2 heteroatoms. The zero-order valence-corrected chi connectivity index (χ0v) is 13.1. The van der Waals surface area contributed by atoms with E-state index in [0.29, 0.717) is 5.39 Å². The van der Waals surface area contributed by atoms with Gasteiger partial charge >= 0.3 is 5.97 Å². The predicted molar refractivity (Wildman–Crippen MR) is 99.9 cm³/mol. The molecule has 0 bridgehead atoms. The number of carboxylic acid groups (broad SMARTS) is 1. The van der Waals surface area contributed by atoms with Crippen LogP contribution in [-0.2, 0) is 0 Å². The second-order valence-electron chi connectivity index (χ2n) is 6.09. The van der Waals surface area contributed by atoms with E-state index in [-0.39, 0.29) is 5.56 Å². The van der Waals surface area contributed by atoms with Gasteiger partial charge in [0, 0.05) is 16.8 Å². The molecular formula is C23H11O2. The van der Waals surface area contributed by atoms with Crippen LogP contribution in [0.3, 0.4) is 0 Å². The average molecular weight is 319 g/mol. The van der Waals surface area contributed by atoms with Crippen molar-refractivity contribution in [1.82, 2.24) is 0 Å². The van der Waals surface area contributed by atoms with Crippen LogP contribution in [0.1, 0.15) is 10.4 Å². The third-order valence-corrected chi connectivity index (χ3v) is 4.70. The Morgan fingerprint density at radius 1 is 0.720 bits per heavy atom. The minimum Gasteiger partial charge on any atom is -0.478 e. The minimum absolute atomic E-state index is 0.142. The van der Waals surface area contributed by atoms with Crippen LogP contribution < -0.4 is 0 Å². The Hall–Kier alpha value is -3.57. The van der Waals surface area contributed by atoms with Gasteiger partial charge in [0.1, 0.15) is 0 Å². The average Bonchev–Trinajstić information content (AvgIpc) is 2.66. The van der Waals surface area contributed by atoms with Crippen molar-refractivity contribution in [2.75, 3.05) is 0 Å². The van der Waals surface area contributed by atoms with Crippen molar-refractivity contribution >= 4 is 49.1 Å². The molecule has 0 atom stereocenters. The molecule has 1 radical (unpaired) electrons. The molecule has 1 N–H and O–H groups in total. The lowest BCUT2D eigenvalue weighted by Crippen LogP contribution is -1.95. The number of rotatable bonds is 1. The van der Waals surface area contributed by atoms with E-state index in [1.165, 1.54) is 16.2 Å². The van der Waals surface area contributed by atoms with Crippen molar-refractivity contribution in [3.8, 4) is 0 Å². The van der Waals surface area contributed by atoms with E-state index in [1.807, 2.05) is 18.2 Å². The Bertz CT molecular complexity index is 1320. The molecule has 0 saturated carbocycles. The zero-order chi connectivity index (χ0) is 17.0. The third-order valence-electron chi connectivity index (χ3n) is 4.70. The second-order valence-corrected chi connectivity index (χ2v) is 6.09. The molecule has 5 rings (SSSR count). The van der Waals surface area contributed by atoms with E-state index < -0.39 is 5.97 Å². The molecule has 0 aliphatic rings. The molecule has 115 valence electrons. The van der Waals surface area contributed by atoms with E-state index in [1.54, 1.807) is 6.07 Å². The monoisotopic (exact) mass is 319 g/mol. The Morgan fingerprint density at radius 3 is 2.32 bits per heavy atom. The summed E-state index contributed by atoms with van der Waals surface area (Å²) in [4.78, 5) is 11.2. The first-order valence-corrected chi connectivity index (χ1v) is 7.99. The van der Waals surface area contributed by atoms with Gasteiger partial charge in [-0.2, -0.15) is 0 Å². The predicted octanol–water partition coefficient (Wildman–Crippen LogP) is 5.40. The summed E-state index contributed by atoms with van der Waals surface area (Å²) in [6, 6.07) is 29.4. The molecule has 0 aliphatic carbocycles. The highest BCUT2D eigenvalue weighted by Gasteiger charge is 2.09. The van der Waals surface area contributed by atoms with Crippen molar-refractivity contribution in [3.63, 3.8) is 0 Å². The highest BCUT2D eigenvalue weighted by atomic mass is 16.4. The maximum Gasteiger partial charge on any atom is 0.336 e.